The summed E-state index contributed by atoms with van der Waals surface area (Å²) in [6.07, 6.45) is 4.03. The van der Waals surface area contributed by atoms with E-state index < -0.39 is 0 Å². The fraction of sp³-hybridized carbons (Fsp3) is 0.286. The molecule has 2 rings (SSSR count). The largest absolute Gasteiger partial charge is 0.325 e. The number of nitrogens with zero attached hydrogens (tertiary/aromatic N) is 2. The number of imidazole rings is 1. The van der Waals surface area contributed by atoms with Crippen molar-refractivity contribution in [2.24, 2.45) is 5.73 Å². The molecule has 58 valence electrons. The van der Waals surface area contributed by atoms with Gasteiger partial charge in [-0.1, -0.05) is 0 Å². The fourth-order valence-electron chi connectivity index (χ4n) is 1.06. The third-order valence-electron chi connectivity index (χ3n) is 1.53. The summed E-state index contributed by atoms with van der Waals surface area (Å²) in [4.78, 5) is 6.61. The van der Waals surface area contributed by atoms with Gasteiger partial charge in [-0.3, -0.25) is 4.40 Å². The number of fused-ring (bicyclic) bond motifs is 1. The zero-order valence-electron chi connectivity index (χ0n) is 6.24. The molecule has 2 aromatic rings. The van der Waals surface area contributed by atoms with Crippen LogP contribution in [-0.2, 0) is 6.54 Å². The van der Waals surface area contributed by atoms with E-state index in [9.17, 15) is 0 Å². The minimum absolute atomic E-state index is 0.521. The van der Waals surface area contributed by atoms with E-state index in [0.29, 0.717) is 6.54 Å². The minimum atomic E-state index is 0.521. The predicted octanol–water partition coefficient (Wildman–Crippen LogP) is 1.16. The molecule has 3 nitrogen and oxygen atoms in total. The number of hydrogen-bond acceptors (Lipinski definition) is 3. The molecule has 0 unspecified atom stereocenters. The monoisotopic (exact) mass is 167 g/mol. The lowest BCUT2D eigenvalue weighted by atomic mass is 10.5. The van der Waals surface area contributed by atoms with Crippen molar-refractivity contribution in [1.82, 2.24) is 9.38 Å². The Hall–Kier alpha value is -0.870. The van der Waals surface area contributed by atoms with Gasteiger partial charge in [-0.15, -0.1) is 11.3 Å². The first-order chi connectivity index (χ1) is 5.29. The van der Waals surface area contributed by atoms with Crippen molar-refractivity contribution in [1.29, 1.82) is 0 Å². The molecule has 0 aliphatic carbocycles. The number of aromatic nitrogens is 2. The molecule has 0 radical (unpaired) electrons. The Balaban J connectivity index is 2.64. The third kappa shape index (κ3) is 1.04. The molecule has 2 N–H and O–H groups in total. The summed E-state index contributed by atoms with van der Waals surface area (Å²) in [5.74, 6) is 0. The van der Waals surface area contributed by atoms with Crippen molar-refractivity contribution in [3.63, 3.8) is 0 Å². The first-order valence-electron chi connectivity index (χ1n) is 3.43. The molecule has 0 bridgehead atoms. The van der Waals surface area contributed by atoms with Crippen molar-refractivity contribution in [3.05, 3.63) is 23.0 Å². The van der Waals surface area contributed by atoms with Gasteiger partial charge in [0.05, 0.1) is 5.69 Å². The van der Waals surface area contributed by atoms with Gasteiger partial charge in [-0.2, -0.15) is 0 Å². The van der Waals surface area contributed by atoms with E-state index >= 15 is 0 Å². The zero-order chi connectivity index (χ0) is 7.84. The van der Waals surface area contributed by atoms with Gasteiger partial charge >= 0.3 is 0 Å². The highest BCUT2D eigenvalue weighted by Crippen LogP contribution is 2.15. The van der Waals surface area contributed by atoms with Crippen LogP contribution in [0.3, 0.4) is 0 Å². The van der Waals surface area contributed by atoms with E-state index in [2.05, 4.69) is 18.1 Å². The lowest BCUT2D eigenvalue weighted by Crippen LogP contribution is -1.95. The summed E-state index contributed by atoms with van der Waals surface area (Å²) in [6.45, 7) is 2.59. The number of thiazole rings is 1. The van der Waals surface area contributed by atoms with E-state index in [1.54, 1.807) is 11.3 Å². The van der Waals surface area contributed by atoms with Crippen LogP contribution in [0, 0.1) is 6.92 Å². The molecule has 0 atom stereocenters. The van der Waals surface area contributed by atoms with E-state index in [0.717, 1.165) is 10.7 Å². The number of nitrogens with two attached hydrogens (primary N) is 1. The lowest BCUT2D eigenvalue weighted by Gasteiger charge is -1.81. The lowest BCUT2D eigenvalue weighted by molar-refractivity contribution is 1.01. The molecule has 11 heavy (non-hydrogen) atoms. The highest BCUT2D eigenvalue weighted by molar-refractivity contribution is 7.16. The minimum Gasteiger partial charge on any atom is -0.325 e. The number of hydrogen-bond donors (Lipinski definition) is 1. The topological polar surface area (TPSA) is 43.3 Å². The van der Waals surface area contributed by atoms with Crippen molar-refractivity contribution >= 4 is 16.3 Å². The van der Waals surface area contributed by atoms with Crippen LogP contribution in [0.2, 0.25) is 0 Å². The van der Waals surface area contributed by atoms with Gasteiger partial charge in [0, 0.05) is 23.8 Å². The summed E-state index contributed by atoms with van der Waals surface area (Å²) in [5, 5.41) is 0. The first kappa shape index (κ1) is 6.82. The Bertz CT molecular complexity index is 342. The van der Waals surface area contributed by atoms with Gasteiger partial charge in [-0.25, -0.2) is 4.98 Å². The summed E-state index contributed by atoms with van der Waals surface area (Å²) in [7, 11) is 0. The summed E-state index contributed by atoms with van der Waals surface area (Å²) < 4.78 is 2.02. The van der Waals surface area contributed by atoms with Crippen LogP contribution in [-0.4, -0.2) is 9.38 Å². The van der Waals surface area contributed by atoms with Crippen LogP contribution in [0.15, 0.2) is 12.4 Å². The molecule has 0 spiro atoms. The summed E-state index contributed by atoms with van der Waals surface area (Å²) in [5.41, 5.74) is 6.39. The quantitative estimate of drug-likeness (QED) is 0.692. The van der Waals surface area contributed by atoms with E-state index in [1.165, 1.54) is 4.88 Å². The normalized spacial score (nSPS) is 11.1. The van der Waals surface area contributed by atoms with Gasteiger partial charge in [0.1, 0.15) is 0 Å². The van der Waals surface area contributed by atoms with Crippen LogP contribution in [0.4, 0.5) is 0 Å². The van der Waals surface area contributed by atoms with Crippen molar-refractivity contribution in [2.45, 2.75) is 13.5 Å². The summed E-state index contributed by atoms with van der Waals surface area (Å²) in [6, 6.07) is 0. The molecule has 0 aliphatic rings. The Labute approximate surface area is 68.5 Å². The maximum absolute atomic E-state index is 5.44. The molecular formula is C7H9N3S. The van der Waals surface area contributed by atoms with Crippen LogP contribution in [0.5, 0.6) is 0 Å². The van der Waals surface area contributed by atoms with Gasteiger partial charge in [0.15, 0.2) is 4.96 Å². The third-order valence-corrected chi connectivity index (χ3v) is 2.44. The smallest absolute Gasteiger partial charge is 0.194 e. The van der Waals surface area contributed by atoms with Crippen LogP contribution in [0.1, 0.15) is 10.6 Å². The standard InChI is InChI=1S/C7H9N3S/c1-5-3-10-4-6(2-8)9-7(10)11-5/h3-4H,2,8H2,1H3. The summed E-state index contributed by atoms with van der Waals surface area (Å²) >= 11 is 1.68. The Morgan fingerprint density at radius 1 is 1.64 bits per heavy atom. The van der Waals surface area contributed by atoms with Gasteiger partial charge in [0.2, 0.25) is 0 Å². The SMILES string of the molecule is Cc1cn2cc(CN)nc2s1. The fourth-order valence-corrected chi connectivity index (χ4v) is 1.89. The van der Waals surface area contributed by atoms with Crippen LogP contribution < -0.4 is 5.73 Å². The van der Waals surface area contributed by atoms with Gasteiger partial charge < -0.3 is 5.73 Å². The first-order valence-corrected chi connectivity index (χ1v) is 4.25. The molecule has 0 aliphatic heterocycles. The molecule has 0 aromatic carbocycles. The molecule has 0 fully saturated rings. The molecule has 0 amide bonds. The Morgan fingerprint density at radius 2 is 2.45 bits per heavy atom. The maximum Gasteiger partial charge on any atom is 0.194 e. The second kappa shape index (κ2) is 2.32. The van der Waals surface area contributed by atoms with Crippen LogP contribution in [0.25, 0.3) is 4.96 Å². The molecule has 2 aromatic heterocycles. The second-order valence-electron chi connectivity index (χ2n) is 2.47. The average Bonchev–Trinajstić information content (AvgIpc) is 2.43. The Morgan fingerprint density at radius 3 is 3.09 bits per heavy atom. The highest BCUT2D eigenvalue weighted by Gasteiger charge is 2.01. The molecule has 2 heterocycles. The highest BCUT2D eigenvalue weighted by atomic mass is 32.1. The average molecular weight is 167 g/mol. The van der Waals surface area contributed by atoms with E-state index in [1.807, 2.05) is 10.6 Å². The maximum atomic E-state index is 5.44. The molecule has 4 heteroatoms. The van der Waals surface area contributed by atoms with Crippen LogP contribution >= 0.6 is 11.3 Å². The van der Waals surface area contributed by atoms with Gasteiger partial charge in [0.25, 0.3) is 0 Å². The zero-order valence-corrected chi connectivity index (χ0v) is 7.06. The number of rotatable bonds is 1. The van der Waals surface area contributed by atoms with Crippen molar-refractivity contribution < 1.29 is 0 Å². The van der Waals surface area contributed by atoms with Gasteiger partial charge in [-0.05, 0) is 6.92 Å². The number of aryl methyl sites for hydroxylation is 1. The molecular weight excluding hydrogens is 158 g/mol. The Kier molecular flexibility index (Phi) is 1.44. The van der Waals surface area contributed by atoms with E-state index in [4.69, 9.17) is 5.73 Å². The molecule has 0 saturated heterocycles. The molecule has 0 saturated carbocycles. The predicted molar refractivity (Wildman–Crippen MR) is 45.7 cm³/mol. The second-order valence-corrected chi connectivity index (χ2v) is 3.68. The van der Waals surface area contributed by atoms with Crippen molar-refractivity contribution in [3.8, 4) is 0 Å². The van der Waals surface area contributed by atoms with E-state index in [-0.39, 0.29) is 0 Å². The van der Waals surface area contributed by atoms with Crippen molar-refractivity contribution in [2.75, 3.05) is 0 Å².